The van der Waals surface area contributed by atoms with Crippen LogP contribution in [0.15, 0.2) is 30.3 Å². The van der Waals surface area contributed by atoms with Crippen LogP contribution in [0.3, 0.4) is 0 Å². The third kappa shape index (κ3) is 3.85. The Kier molecular flexibility index (Phi) is 3.85. The fraction of sp³-hybridized carbons (Fsp3) is 0.182. The average molecular weight is 194 g/mol. The molecule has 0 fully saturated rings. The Morgan fingerprint density at radius 1 is 1.36 bits per heavy atom. The van der Waals surface area contributed by atoms with Gasteiger partial charge in [-0.25, -0.2) is 4.39 Å². The van der Waals surface area contributed by atoms with Gasteiger partial charge in [0, 0.05) is 6.42 Å². The lowest BCUT2D eigenvalue weighted by Gasteiger charge is -1.92. The number of carboxylic acid groups (broad SMARTS) is 1. The quantitative estimate of drug-likeness (QED) is 0.800. The molecule has 0 heterocycles. The number of halogens is 1. The fourth-order valence-electron chi connectivity index (χ4n) is 1.00. The molecule has 1 aromatic carbocycles. The molecule has 0 aromatic heterocycles. The summed E-state index contributed by atoms with van der Waals surface area (Å²) in [5, 5.41) is 8.36. The molecule has 0 amide bonds. The van der Waals surface area contributed by atoms with Gasteiger partial charge in [0.1, 0.15) is 5.82 Å². The minimum Gasteiger partial charge on any atom is -0.481 e. The van der Waals surface area contributed by atoms with Crippen LogP contribution in [0.4, 0.5) is 4.39 Å². The fourth-order valence-corrected chi connectivity index (χ4v) is 1.00. The van der Waals surface area contributed by atoms with Gasteiger partial charge in [0.15, 0.2) is 0 Å². The average Bonchev–Trinajstić information content (AvgIpc) is 2.15. The Morgan fingerprint density at radius 3 is 2.57 bits per heavy atom. The molecule has 0 aliphatic carbocycles. The molecule has 74 valence electrons. The van der Waals surface area contributed by atoms with Crippen LogP contribution >= 0.6 is 0 Å². The van der Waals surface area contributed by atoms with E-state index >= 15 is 0 Å². The van der Waals surface area contributed by atoms with Gasteiger partial charge in [0.05, 0.1) is 0 Å². The van der Waals surface area contributed by atoms with E-state index in [9.17, 15) is 9.18 Å². The number of rotatable bonds is 4. The van der Waals surface area contributed by atoms with Gasteiger partial charge in [0.25, 0.3) is 0 Å². The summed E-state index contributed by atoms with van der Waals surface area (Å²) in [4.78, 5) is 10.2. The molecule has 3 heteroatoms. The summed E-state index contributed by atoms with van der Waals surface area (Å²) in [6.07, 6.45) is 4.16. The van der Waals surface area contributed by atoms with Crippen LogP contribution in [0, 0.1) is 5.82 Å². The first-order chi connectivity index (χ1) is 6.68. The van der Waals surface area contributed by atoms with Crippen molar-refractivity contribution in [2.24, 2.45) is 0 Å². The molecule has 0 aliphatic heterocycles. The molecule has 2 nitrogen and oxygen atoms in total. The predicted octanol–water partition coefficient (Wildman–Crippen LogP) is 2.70. The molecule has 0 aliphatic rings. The zero-order valence-electron chi connectivity index (χ0n) is 7.61. The standard InChI is InChI=1S/C11H11FO2/c12-10-7-5-9(6-8-10)3-1-2-4-11(13)14/h1,3,5-8H,2,4H2,(H,13,14)/b3-1-. The molecule has 0 saturated carbocycles. The van der Waals surface area contributed by atoms with Crippen molar-refractivity contribution in [3.05, 3.63) is 41.7 Å². The predicted molar refractivity (Wildman–Crippen MR) is 52.3 cm³/mol. The molecule has 0 unspecified atom stereocenters. The van der Waals surface area contributed by atoms with Gasteiger partial charge in [-0.2, -0.15) is 0 Å². The second-order valence-corrected chi connectivity index (χ2v) is 2.89. The van der Waals surface area contributed by atoms with Crippen LogP contribution in [0.2, 0.25) is 0 Å². The molecular formula is C11H11FO2. The molecule has 0 bridgehead atoms. The van der Waals surface area contributed by atoms with E-state index in [0.29, 0.717) is 6.42 Å². The Hall–Kier alpha value is -1.64. The number of carbonyl (C=O) groups is 1. The lowest BCUT2D eigenvalue weighted by Crippen LogP contribution is -1.91. The first kappa shape index (κ1) is 10.4. The van der Waals surface area contributed by atoms with Crippen LogP contribution in [0.5, 0.6) is 0 Å². The van der Waals surface area contributed by atoms with Gasteiger partial charge in [-0.05, 0) is 24.1 Å². The summed E-state index contributed by atoms with van der Waals surface area (Å²) in [6.45, 7) is 0. The van der Waals surface area contributed by atoms with Crippen molar-refractivity contribution >= 4 is 12.0 Å². The van der Waals surface area contributed by atoms with E-state index in [2.05, 4.69) is 0 Å². The van der Waals surface area contributed by atoms with Crippen LogP contribution in [0.1, 0.15) is 18.4 Å². The smallest absolute Gasteiger partial charge is 0.303 e. The third-order valence-corrected chi connectivity index (χ3v) is 1.71. The highest BCUT2D eigenvalue weighted by Gasteiger charge is 1.92. The summed E-state index contributed by atoms with van der Waals surface area (Å²) in [7, 11) is 0. The number of aliphatic carboxylic acids is 1. The SMILES string of the molecule is O=C(O)CC/C=C\c1ccc(F)cc1. The topological polar surface area (TPSA) is 37.3 Å². The van der Waals surface area contributed by atoms with Crippen molar-refractivity contribution in [2.75, 3.05) is 0 Å². The highest BCUT2D eigenvalue weighted by atomic mass is 19.1. The van der Waals surface area contributed by atoms with E-state index in [-0.39, 0.29) is 12.2 Å². The van der Waals surface area contributed by atoms with E-state index in [1.807, 2.05) is 0 Å². The molecular weight excluding hydrogens is 183 g/mol. The van der Waals surface area contributed by atoms with Gasteiger partial charge in [-0.1, -0.05) is 24.3 Å². The highest BCUT2D eigenvalue weighted by molar-refractivity contribution is 5.67. The van der Waals surface area contributed by atoms with Gasteiger partial charge < -0.3 is 5.11 Å². The first-order valence-electron chi connectivity index (χ1n) is 4.32. The second-order valence-electron chi connectivity index (χ2n) is 2.89. The zero-order chi connectivity index (χ0) is 10.4. The maximum Gasteiger partial charge on any atom is 0.303 e. The Bertz CT molecular complexity index is 328. The van der Waals surface area contributed by atoms with Crippen molar-refractivity contribution in [3.63, 3.8) is 0 Å². The van der Waals surface area contributed by atoms with Crippen LogP contribution < -0.4 is 0 Å². The number of allylic oxidation sites excluding steroid dienone is 1. The maximum atomic E-state index is 12.5. The van der Waals surface area contributed by atoms with Crippen molar-refractivity contribution in [3.8, 4) is 0 Å². The third-order valence-electron chi connectivity index (χ3n) is 1.71. The summed E-state index contributed by atoms with van der Waals surface area (Å²) in [5.74, 6) is -1.08. The molecule has 1 rings (SSSR count). The molecule has 0 atom stereocenters. The number of hydrogen-bond donors (Lipinski definition) is 1. The van der Waals surface area contributed by atoms with E-state index in [1.165, 1.54) is 12.1 Å². The number of hydrogen-bond acceptors (Lipinski definition) is 1. The van der Waals surface area contributed by atoms with Gasteiger partial charge in [0.2, 0.25) is 0 Å². The summed E-state index contributed by atoms with van der Waals surface area (Å²) < 4.78 is 12.5. The summed E-state index contributed by atoms with van der Waals surface area (Å²) in [5.41, 5.74) is 0.872. The maximum absolute atomic E-state index is 12.5. The normalized spacial score (nSPS) is 10.6. The van der Waals surface area contributed by atoms with Gasteiger partial charge in [-0.3, -0.25) is 4.79 Å². The van der Waals surface area contributed by atoms with E-state index < -0.39 is 5.97 Å². The Morgan fingerprint density at radius 2 is 2.00 bits per heavy atom. The monoisotopic (exact) mass is 194 g/mol. The minimum atomic E-state index is -0.811. The van der Waals surface area contributed by atoms with Crippen molar-refractivity contribution < 1.29 is 14.3 Å². The summed E-state index contributed by atoms with van der Waals surface area (Å²) in [6, 6.07) is 6.03. The van der Waals surface area contributed by atoms with Crippen LogP contribution in [-0.4, -0.2) is 11.1 Å². The first-order valence-corrected chi connectivity index (χ1v) is 4.32. The molecule has 0 radical (unpaired) electrons. The number of carboxylic acids is 1. The molecule has 14 heavy (non-hydrogen) atoms. The second kappa shape index (κ2) is 5.17. The van der Waals surface area contributed by atoms with Gasteiger partial charge >= 0.3 is 5.97 Å². The van der Waals surface area contributed by atoms with E-state index in [4.69, 9.17) is 5.11 Å². The van der Waals surface area contributed by atoms with Gasteiger partial charge in [-0.15, -0.1) is 0 Å². The largest absolute Gasteiger partial charge is 0.481 e. The van der Waals surface area contributed by atoms with Crippen molar-refractivity contribution in [1.29, 1.82) is 0 Å². The summed E-state index contributed by atoms with van der Waals surface area (Å²) >= 11 is 0. The Balaban J connectivity index is 2.44. The lowest BCUT2D eigenvalue weighted by molar-refractivity contribution is -0.136. The van der Waals surface area contributed by atoms with E-state index in [0.717, 1.165) is 5.56 Å². The number of benzene rings is 1. The zero-order valence-corrected chi connectivity index (χ0v) is 7.61. The minimum absolute atomic E-state index is 0.123. The molecule has 0 spiro atoms. The lowest BCUT2D eigenvalue weighted by atomic mass is 10.2. The molecule has 1 aromatic rings. The van der Waals surface area contributed by atoms with Crippen LogP contribution in [0.25, 0.3) is 6.08 Å². The van der Waals surface area contributed by atoms with Crippen molar-refractivity contribution in [2.45, 2.75) is 12.8 Å². The molecule has 1 N–H and O–H groups in total. The highest BCUT2D eigenvalue weighted by Crippen LogP contribution is 2.05. The van der Waals surface area contributed by atoms with E-state index in [1.54, 1.807) is 24.3 Å². The van der Waals surface area contributed by atoms with Crippen LogP contribution in [-0.2, 0) is 4.79 Å². The Labute approximate surface area is 81.7 Å². The van der Waals surface area contributed by atoms with Crippen molar-refractivity contribution in [1.82, 2.24) is 0 Å². The molecule has 0 saturated heterocycles.